The highest BCUT2D eigenvalue weighted by atomic mass is 16.6. The van der Waals surface area contributed by atoms with Gasteiger partial charge in [-0.15, -0.1) is 0 Å². The molecule has 2 atom stereocenters. The predicted molar refractivity (Wildman–Crippen MR) is 45.7 cm³/mol. The molecule has 80 valence electrons. The van der Waals surface area contributed by atoms with Crippen molar-refractivity contribution in [3.63, 3.8) is 0 Å². The van der Waals surface area contributed by atoms with Gasteiger partial charge in [0.1, 0.15) is 12.3 Å². The summed E-state index contributed by atoms with van der Waals surface area (Å²) in [4.78, 5) is 23.2. The Labute approximate surface area is 81.4 Å². The zero-order valence-electron chi connectivity index (χ0n) is 8.10. The lowest BCUT2D eigenvalue weighted by atomic mass is 10.2. The van der Waals surface area contributed by atoms with E-state index in [-0.39, 0.29) is 0 Å². The summed E-state index contributed by atoms with van der Waals surface area (Å²) in [6.07, 6.45) is -0.254. The average molecular weight is 203 g/mol. The fourth-order valence-corrected chi connectivity index (χ4v) is 1.60. The molecule has 0 aromatic rings. The molecule has 14 heavy (non-hydrogen) atoms. The van der Waals surface area contributed by atoms with E-state index in [0.717, 1.165) is 4.90 Å². The van der Waals surface area contributed by atoms with Crippen molar-refractivity contribution in [2.45, 2.75) is 25.1 Å². The fraction of sp³-hybridized carbons (Fsp3) is 0.750. The average Bonchev–Trinajstić information content (AvgIpc) is 2.59. The Hall–Kier alpha value is -1.30. The van der Waals surface area contributed by atoms with E-state index in [1.807, 2.05) is 0 Å². The molecule has 0 unspecified atom stereocenters. The summed E-state index contributed by atoms with van der Waals surface area (Å²) in [7, 11) is 2.65. The van der Waals surface area contributed by atoms with Gasteiger partial charge in [0.05, 0.1) is 7.11 Å². The van der Waals surface area contributed by atoms with Crippen molar-refractivity contribution in [2.75, 3.05) is 14.2 Å². The third-order valence-electron chi connectivity index (χ3n) is 2.28. The highest BCUT2D eigenvalue weighted by molar-refractivity contribution is 5.80. The first-order chi connectivity index (χ1) is 6.61. The van der Waals surface area contributed by atoms with Crippen molar-refractivity contribution in [1.29, 1.82) is 0 Å². The molecule has 1 fully saturated rings. The Morgan fingerprint density at radius 3 is 2.43 bits per heavy atom. The molecule has 0 aromatic carbocycles. The maximum absolute atomic E-state index is 11.3. The van der Waals surface area contributed by atoms with Crippen LogP contribution in [0.15, 0.2) is 0 Å². The van der Waals surface area contributed by atoms with Gasteiger partial charge in [0.25, 0.3) is 0 Å². The van der Waals surface area contributed by atoms with E-state index in [2.05, 4.69) is 4.74 Å². The molecule has 6 heteroatoms. The normalized spacial score (nSPS) is 26.3. The van der Waals surface area contributed by atoms with Crippen LogP contribution in [0.3, 0.4) is 0 Å². The molecule has 1 rings (SSSR count). The Kier molecular flexibility index (Phi) is 3.29. The zero-order chi connectivity index (χ0) is 10.7. The topological polar surface area (TPSA) is 76.1 Å². The number of hydrogen-bond donors (Lipinski definition) is 1. The van der Waals surface area contributed by atoms with Crippen LogP contribution in [-0.4, -0.2) is 48.6 Å². The maximum Gasteiger partial charge on any atom is 0.412 e. The van der Waals surface area contributed by atoms with Crippen LogP contribution in [0.4, 0.5) is 4.79 Å². The molecule has 0 aliphatic carbocycles. The van der Waals surface area contributed by atoms with Crippen LogP contribution < -0.4 is 0 Å². The van der Waals surface area contributed by atoms with Gasteiger partial charge < -0.3 is 14.6 Å². The van der Waals surface area contributed by atoms with E-state index in [1.54, 1.807) is 0 Å². The van der Waals surface area contributed by atoms with Crippen LogP contribution in [0.1, 0.15) is 12.8 Å². The number of carboxylic acid groups (broad SMARTS) is 1. The number of nitrogens with zero attached hydrogens (tertiary/aromatic N) is 1. The van der Waals surface area contributed by atoms with Crippen molar-refractivity contribution >= 4 is 12.1 Å². The van der Waals surface area contributed by atoms with Crippen molar-refractivity contribution in [3.8, 4) is 0 Å². The van der Waals surface area contributed by atoms with Gasteiger partial charge in [-0.05, 0) is 12.8 Å². The minimum atomic E-state index is -1.03. The number of likely N-dealkylation sites (tertiary alicyclic amines) is 1. The lowest BCUT2D eigenvalue weighted by Crippen LogP contribution is -2.45. The standard InChI is InChI=1S/C8H13NO5/c1-13-6-4-3-5(7(10)11)9(6)8(12)14-2/h5-6H,3-4H2,1-2H3,(H,10,11)/t5-,6-/m0/s1. The molecule has 1 aliphatic rings. The predicted octanol–water partition coefficient (Wildman–Crippen LogP) is 0.274. The van der Waals surface area contributed by atoms with Crippen molar-refractivity contribution in [2.24, 2.45) is 0 Å². The highest BCUT2D eigenvalue weighted by Crippen LogP contribution is 2.25. The molecule has 1 saturated heterocycles. The molecule has 6 nitrogen and oxygen atoms in total. The molecule has 0 bridgehead atoms. The number of rotatable bonds is 2. The van der Waals surface area contributed by atoms with Gasteiger partial charge in [-0.3, -0.25) is 4.90 Å². The van der Waals surface area contributed by atoms with Crippen LogP contribution in [0, 0.1) is 0 Å². The smallest absolute Gasteiger partial charge is 0.412 e. The maximum atomic E-state index is 11.3. The van der Waals surface area contributed by atoms with Crippen LogP contribution in [0.5, 0.6) is 0 Å². The summed E-state index contributed by atoms with van der Waals surface area (Å²) in [5.41, 5.74) is 0. The summed E-state index contributed by atoms with van der Waals surface area (Å²) >= 11 is 0. The van der Waals surface area contributed by atoms with E-state index < -0.39 is 24.3 Å². The summed E-state index contributed by atoms with van der Waals surface area (Å²) in [6.45, 7) is 0. The van der Waals surface area contributed by atoms with Crippen molar-refractivity contribution in [3.05, 3.63) is 0 Å². The Morgan fingerprint density at radius 2 is 2.00 bits per heavy atom. The Balaban J connectivity index is 2.80. The first-order valence-corrected chi connectivity index (χ1v) is 4.23. The number of carbonyl (C=O) groups is 2. The molecular formula is C8H13NO5. The SMILES string of the molecule is COC(=O)N1[C@@H](OC)CC[C@H]1C(=O)O. The molecule has 1 heterocycles. The second-order valence-electron chi connectivity index (χ2n) is 3.00. The van der Waals surface area contributed by atoms with E-state index in [0.29, 0.717) is 12.8 Å². The quantitative estimate of drug-likeness (QED) is 0.697. The van der Waals surface area contributed by atoms with Crippen LogP contribution in [0.25, 0.3) is 0 Å². The van der Waals surface area contributed by atoms with Crippen molar-refractivity contribution < 1.29 is 24.2 Å². The fourth-order valence-electron chi connectivity index (χ4n) is 1.60. The second kappa shape index (κ2) is 4.28. The summed E-state index contributed by atoms with van der Waals surface area (Å²) in [5, 5.41) is 8.84. The van der Waals surface area contributed by atoms with Gasteiger partial charge in [0.15, 0.2) is 0 Å². The summed E-state index contributed by atoms with van der Waals surface area (Å²) in [6, 6.07) is -0.840. The monoisotopic (exact) mass is 203 g/mol. The van der Waals surface area contributed by atoms with Crippen LogP contribution in [0.2, 0.25) is 0 Å². The van der Waals surface area contributed by atoms with Gasteiger partial charge in [-0.25, -0.2) is 9.59 Å². The number of hydrogen-bond acceptors (Lipinski definition) is 4. The Bertz CT molecular complexity index is 242. The van der Waals surface area contributed by atoms with E-state index in [1.165, 1.54) is 14.2 Å². The van der Waals surface area contributed by atoms with E-state index in [4.69, 9.17) is 9.84 Å². The first kappa shape index (κ1) is 10.8. The third kappa shape index (κ3) is 1.79. The minimum absolute atomic E-state index is 0.392. The van der Waals surface area contributed by atoms with Gasteiger partial charge in [-0.1, -0.05) is 0 Å². The molecule has 0 radical (unpaired) electrons. The van der Waals surface area contributed by atoms with Gasteiger partial charge in [-0.2, -0.15) is 0 Å². The van der Waals surface area contributed by atoms with Crippen LogP contribution in [-0.2, 0) is 14.3 Å². The number of amides is 1. The highest BCUT2D eigenvalue weighted by Gasteiger charge is 2.41. The van der Waals surface area contributed by atoms with Gasteiger partial charge >= 0.3 is 12.1 Å². The molecular weight excluding hydrogens is 190 g/mol. The third-order valence-corrected chi connectivity index (χ3v) is 2.28. The summed E-state index contributed by atoms with van der Waals surface area (Å²) < 4.78 is 9.48. The number of carboxylic acids is 1. The Morgan fingerprint density at radius 1 is 1.36 bits per heavy atom. The molecule has 1 N–H and O–H groups in total. The van der Waals surface area contributed by atoms with Crippen LogP contribution >= 0.6 is 0 Å². The number of methoxy groups -OCH3 is 2. The first-order valence-electron chi connectivity index (χ1n) is 4.23. The summed E-state index contributed by atoms with van der Waals surface area (Å²) in [5.74, 6) is -1.03. The number of carbonyl (C=O) groups excluding carboxylic acids is 1. The van der Waals surface area contributed by atoms with Crippen molar-refractivity contribution in [1.82, 2.24) is 4.90 Å². The van der Waals surface area contributed by atoms with E-state index in [9.17, 15) is 9.59 Å². The minimum Gasteiger partial charge on any atom is -0.480 e. The lowest BCUT2D eigenvalue weighted by molar-refractivity contribution is -0.144. The molecule has 1 aliphatic heterocycles. The number of ether oxygens (including phenoxy) is 2. The zero-order valence-corrected chi connectivity index (χ0v) is 8.10. The molecule has 0 spiro atoms. The second-order valence-corrected chi connectivity index (χ2v) is 3.00. The largest absolute Gasteiger partial charge is 0.480 e. The molecule has 0 saturated carbocycles. The number of aliphatic carboxylic acids is 1. The van der Waals surface area contributed by atoms with Gasteiger partial charge in [0.2, 0.25) is 0 Å². The molecule has 0 aromatic heterocycles. The molecule has 1 amide bonds. The van der Waals surface area contributed by atoms with Gasteiger partial charge in [0, 0.05) is 7.11 Å². The van der Waals surface area contributed by atoms with E-state index >= 15 is 0 Å². The lowest BCUT2D eigenvalue weighted by Gasteiger charge is -2.25.